The lowest BCUT2D eigenvalue weighted by Crippen LogP contribution is -2.33. The molecule has 0 amide bonds. The Bertz CT molecular complexity index is 143. The molecular formula is C7H16N4. The van der Waals surface area contributed by atoms with Crippen molar-refractivity contribution in [3.05, 3.63) is 0 Å². The van der Waals surface area contributed by atoms with Crippen molar-refractivity contribution in [2.24, 2.45) is 16.3 Å². The quantitative estimate of drug-likeness (QED) is 0.673. The summed E-state index contributed by atoms with van der Waals surface area (Å²) in [5.74, 6) is 0.749. The van der Waals surface area contributed by atoms with Crippen LogP contribution in [-0.2, 0) is 0 Å². The fourth-order valence-electron chi connectivity index (χ4n) is 1.04. The molecule has 1 rings (SSSR count). The van der Waals surface area contributed by atoms with Crippen LogP contribution in [0.5, 0.6) is 0 Å². The van der Waals surface area contributed by atoms with Gasteiger partial charge in [0.2, 0.25) is 0 Å². The van der Waals surface area contributed by atoms with Crippen molar-refractivity contribution in [1.82, 2.24) is 10.5 Å². The first-order valence-electron chi connectivity index (χ1n) is 4.08. The molecule has 4 nitrogen and oxygen atoms in total. The highest BCUT2D eigenvalue weighted by Crippen LogP contribution is 2.13. The topological polar surface area (TPSA) is 40.0 Å². The van der Waals surface area contributed by atoms with E-state index < -0.39 is 0 Å². The van der Waals surface area contributed by atoms with Gasteiger partial charge in [0, 0.05) is 7.05 Å². The highest BCUT2D eigenvalue weighted by molar-refractivity contribution is 4.64. The molecule has 0 bridgehead atoms. The second-order valence-electron chi connectivity index (χ2n) is 3.38. The van der Waals surface area contributed by atoms with Gasteiger partial charge >= 0.3 is 0 Å². The summed E-state index contributed by atoms with van der Waals surface area (Å²) in [6, 6.07) is 0. The van der Waals surface area contributed by atoms with E-state index in [1.54, 1.807) is 0 Å². The smallest absolute Gasteiger partial charge is 0.143 e. The first-order valence-corrected chi connectivity index (χ1v) is 4.08. The van der Waals surface area contributed by atoms with E-state index in [0.717, 1.165) is 12.3 Å². The van der Waals surface area contributed by atoms with Gasteiger partial charge in [0.15, 0.2) is 0 Å². The number of hydrogen-bond acceptors (Lipinski definition) is 4. The molecule has 0 aromatic carbocycles. The molecule has 0 aromatic rings. The number of hydrogen-bond donors (Lipinski definition) is 1. The highest BCUT2D eigenvalue weighted by Gasteiger charge is 2.17. The summed E-state index contributed by atoms with van der Waals surface area (Å²) in [5.41, 5.74) is 2.78. The molecule has 11 heavy (non-hydrogen) atoms. The second kappa shape index (κ2) is 3.67. The molecular weight excluding hydrogens is 140 g/mol. The summed E-state index contributed by atoms with van der Waals surface area (Å²) in [5, 5.41) is 9.69. The molecule has 64 valence electrons. The Morgan fingerprint density at radius 3 is 2.73 bits per heavy atom. The van der Waals surface area contributed by atoms with Crippen LogP contribution < -0.4 is 5.53 Å². The highest BCUT2D eigenvalue weighted by atomic mass is 15.8. The maximum absolute atomic E-state index is 4.03. The van der Waals surface area contributed by atoms with Crippen LogP contribution in [0.15, 0.2) is 10.3 Å². The first kappa shape index (κ1) is 8.46. The molecule has 0 spiro atoms. The number of hydrazine groups is 1. The van der Waals surface area contributed by atoms with Crippen LogP contribution in [0.1, 0.15) is 26.7 Å². The zero-order valence-electron chi connectivity index (χ0n) is 7.41. The van der Waals surface area contributed by atoms with Gasteiger partial charge in [-0.05, 0) is 18.8 Å². The molecule has 1 heterocycles. The Balaban J connectivity index is 2.20. The van der Waals surface area contributed by atoms with Gasteiger partial charge in [0.05, 0.1) is 0 Å². The molecule has 0 fully saturated rings. The largest absolute Gasteiger partial charge is 0.220 e. The zero-order valence-corrected chi connectivity index (χ0v) is 7.41. The van der Waals surface area contributed by atoms with E-state index in [2.05, 4.69) is 29.7 Å². The SMILES string of the molecule is CC(C)CCC1N=NNN1C. The van der Waals surface area contributed by atoms with Crippen LogP contribution in [0, 0.1) is 5.92 Å². The van der Waals surface area contributed by atoms with Gasteiger partial charge < -0.3 is 0 Å². The zero-order chi connectivity index (χ0) is 8.27. The lowest BCUT2D eigenvalue weighted by Gasteiger charge is -2.15. The van der Waals surface area contributed by atoms with Gasteiger partial charge in [-0.3, -0.25) is 0 Å². The van der Waals surface area contributed by atoms with Crippen molar-refractivity contribution >= 4 is 0 Å². The van der Waals surface area contributed by atoms with E-state index in [1.165, 1.54) is 6.42 Å². The Morgan fingerprint density at radius 2 is 2.27 bits per heavy atom. The summed E-state index contributed by atoms with van der Waals surface area (Å²) in [7, 11) is 1.96. The minimum absolute atomic E-state index is 0.248. The van der Waals surface area contributed by atoms with E-state index in [0.29, 0.717) is 0 Å². The fourth-order valence-corrected chi connectivity index (χ4v) is 1.04. The summed E-state index contributed by atoms with van der Waals surface area (Å²) in [4.78, 5) is 0. The average molecular weight is 156 g/mol. The normalized spacial score (nSPS) is 24.5. The van der Waals surface area contributed by atoms with E-state index in [1.807, 2.05) is 12.1 Å². The van der Waals surface area contributed by atoms with Crippen molar-refractivity contribution in [2.75, 3.05) is 7.05 Å². The number of nitrogens with one attached hydrogen (secondary N) is 1. The summed E-state index contributed by atoms with van der Waals surface area (Å²) >= 11 is 0. The number of rotatable bonds is 3. The summed E-state index contributed by atoms with van der Waals surface area (Å²) in [6.45, 7) is 4.44. The fraction of sp³-hybridized carbons (Fsp3) is 1.00. The van der Waals surface area contributed by atoms with Gasteiger partial charge in [-0.15, -0.1) is 5.11 Å². The molecule has 1 aliphatic rings. The van der Waals surface area contributed by atoms with Crippen molar-refractivity contribution in [1.29, 1.82) is 0 Å². The lowest BCUT2D eigenvalue weighted by atomic mass is 10.1. The minimum atomic E-state index is 0.248. The van der Waals surface area contributed by atoms with E-state index >= 15 is 0 Å². The summed E-state index contributed by atoms with van der Waals surface area (Å²) in [6.07, 6.45) is 2.54. The standard InChI is InChI=1S/C7H16N4/c1-6(2)4-5-7-8-9-10-11(7)3/h6-7H,4-5H2,1-3H3,(H,8,10). The molecule has 0 saturated carbocycles. The molecule has 0 aliphatic carbocycles. The van der Waals surface area contributed by atoms with E-state index in [-0.39, 0.29) is 6.17 Å². The van der Waals surface area contributed by atoms with Crippen molar-refractivity contribution in [3.63, 3.8) is 0 Å². The molecule has 0 radical (unpaired) electrons. The van der Waals surface area contributed by atoms with Crippen molar-refractivity contribution in [3.8, 4) is 0 Å². The van der Waals surface area contributed by atoms with Gasteiger partial charge in [-0.25, -0.2) is 5.53 Å². The maximum Gasteiger partial charge on any atom is 0.143 e. The molecule has 1 N–H and O–H groups in total. The summed E-state index contributed by atoms with van der Waals surface area (Å²) < 4.78 is 0. The Labute approximate surface area is 67.6 Å². The Hall–Kier alpha value is -0.640. The third kappa shape index (κ3) is 2.46. The maximum atomic E-state index is 4.03. The predicted octanol–water partition coefficient (Wildman–Crippen LogP) is 1.57. The molecule has 4 heteroatoms. The van der Waals surface area contributed by atoms with Gasteiger partial charge in [0.1, 0.15) is 6.17 Å². The molecule has 0 aromatic heterocycles. The lowest BCUT2D eigenvalue weighted by molar-refractivity contribution is 0.204. The van der Waals surface area contributed by atoms with Crippen LogP contribution in [0.25, 0.3) is 0 Å². The van der Waals surface area contributed by atoms with E-state index in [9.17, 15) is 0 Å². The molecule has 1 aliphatic heterocycles. The Kier molecular flexibility index (Phi) is 2.82. The monoisotopic (exact) mass is 156 g/mol. The predicted molar refractivity (Wildman–Crippen MR) is 43.6 cm³/mol. The minimum Gasteiger partial charge on any atom is -0.220 e. The third-order valence-corrected chi connectivity index (χ3v) is 1.84. The van der Waals surface area contributed by atoms with Crippen molar-refractivity contribution < 1.29 is 0 Å². The first-order chi connectivity index (χ1) is 5.20. The average Bonchev–Trinajstić information content (AvgIpc) is 2.31. The van der Waals surface area contributed by atoms with Crippen molar-refractivity contribution in [2.45, 2.75) is 32.9 Å². The van der Waals surface area contributed by atoms with Crippen LogP contribution in [0.4, 0.5) is 0 Å². The third-order valence-electron chi connectivity index (χ3n) is 1.84. The molecule has 1 atom stereocenters. The Morgan fingerprint density at radius 1 is 1.55 bits per heavy atom. The van der Waals surface area contributed by atoms with E-state index in [4.69, 9.17) is 0 Å². The van der Waals surface area contributed by atoms with Gasteiger partial charge in [-0.2, -0.15) is 5.01 Å². The van der Waals surface area contributed by atoms with Gasteiger partial charge in [0.25, 0.3) is 0 Å². The molecule has 1 unspecified atom stereocenters. The van der Waals surface area contributed by atoms with Gasteiger partial charge in [-0.1, -0.05) is 19.1 Å². The molecule has 0 saturated heterocycles. The van der Waals surface area contributed by atoms with Crippen LogP contribution in [-0.4, -0.2) is 18.2 Å². The van der Waals surface area contributed by atoms with Crippen LogP contribution in [0.3, 0.4) is 0 Å². The second-order valence-corrected chi connectivity index (χ2v) is 3.38. The van der Waals surface area contributed by atoms with Crippen LogP contribution >= 0.6 is 0 Å². The van der Waals surface area contributed by atoms with Crippen LogP contribution in [0.2, 0.25) is 0 Å². The number of nitrogens with zero attached hydrogens (tertiary/aromatic N) is 3.